The van der Waals surface area contributed by atoms with Crippen molar-refractivity contribution in [3.05, 3.63) is 35.9 Å². The Labute approximate surface area is 105 Å². The van der Waals surface area contributed by atoms with Gasteiger partial charge in [-0.25, -0.2) is 4.79 Å². The van der Waals surface area contributed by atoms with Gasteiger partial charge in [0.2, 0.25) is 0 Å². The summed E-state index contributed by atoms with van der Waals surface area (Å²) >= 11 is 0. The number of hydrogen-bond donors (Lipinski definition) is 2. The van der Waals surface area contributed by atoms with E-state index in [0.29, 0.717) is 5.56 Å². The van der Waals surface area contributed by atoms with Gasteiger partial charge in [0.05, 0.1) is 13.7 Å². The molecule has 0 aliphatic rings. The normalized spacial score (nSPS) is 10.8. The highest BCUT2D eigenvalue weighted by atomic mass is 16.5. The van der Waals surface area contributed by atoms with Crippen molar-refractivity contribution in [1.82, 2.24) is 5.32 Å². The molecule has 5 nitrogen and oxygen atoms in total. The number of aliphatic hydroxyl groups excluding tert-OH is 1. The van der Waals surface area contributed by atoms with E-state index in [4.69, 9.17) is 5.11 Å². The Morgan fingerprint density at radius 2 is 2.06 bits per heavy atom. The van der Waals surface area contributed by atoms with Crippen LogP contribution in [0.4, 0.5) is 0 Å². The molecule has 0 aliphatic heterocycles. The van der Waals surface area contributed by atoms with Crippen LogP contribution < -0.4 is 5.32 Å². The van der Waals surface area contributed by atoms with Gasteiger partial charge in [-0.15, -0.1) is 0 Å². The number of amides is 1. The Hall–Kier alpha value is -2.32. The largest absolute Gasteiger partial charge is 0.467 e. The SMILES string of the molecule is COC(=O)C(CO)NC(=O)C#Cc1ccccc1. The van der Waals surface area contributed by atoms with Crippen LogP contribution in [0, 0.1) is 11.8 Å². The number of benzene rings is 1. The van der Waals surface area contributed by atoms with Crippen LogP contribution in [0.1, 0.15) is 5.56 Å². The third-order valence-corrected chi connectivity index (χ3v) is 2.07. The van der Waals surface area contributed by atoms with Crippen LogP contribution in [-0.2, 0) is 14.3 Å². The minimum absolute atomic E-state index is 0.536. The molecule has 0 bridgehead atoms. The molecule has 0 fully saturated rings. The second-order valence-electron chi connectivity index (χ2n) is 3.35. The number of ether oxygens (including phenoxy) is 1. The van der Waals surface area contributed by atoms with E-state index < -0.39 is 24.5 Å². The molecule has 0 radical (unpaired) electrons. The molecule has 0 spiro atoms. The first-order chi connectivity index (χ1) is 8.67. The van der Waals surface area contributed by atoms with Gasteiger partial charge in [-0.3, -0.25) is 4.79 Å². The molecular weight excluding hydrogens is 234 g/mol. The predicted octanol–water partition coefficient (Wildman–Crippen LogP) is -0.312. The number of carbonyl (C=O) groups excluding carboxylic acids is 2. The summed E-state index contributed by atoms with van der Waals surface area (Å²) in [6.07, 6.45) is 0. The van der Waals surface area contributed by atoms with Crippen molar-refractivity contribution in [2.45, 2.75) is 6.04 Å². The molecule has 2 N–H and O–H groups in total. The van der Waals surface area contributed by atoms with Gasteiger partial charge in [-0.05, 0) is 12.1 Å². The molecule has 0 saturated carbocycles. The summed E-state index contributed by atoms with van der Waals surface area (Å²) in [6, 6.07) is 7.85. The molecule has 1 aromatic carbocycles. The lowest BCUT2D eigenvalue weighted by Gasteiger charge is -2.10. The van der Waals surface area contributed by atoms with Crippen LogP contribution >= 0.6 is 0 Å². The second-order valence-corrected chi connectivity index (χ2v) is 3.35. The molecule has 1 amide bonds. The molecule has 0 heterocycles. The molecule has 5 heteroatoms. The van der Waals surface area contributed by atoms with E-state index in [-0.39, 0.29) is 0 Å². The number of aliphatic hydroxyl groups is 1. The average molecular weight is 247 g/mol. The topological polar surface area (TPSA) is 75.6 Å². The molecule has 1 aromatic rings. The fourth-order valence-electron chi connectivity index (χ4n) is 1.17. The fraction of sp³-hybridized carbons (Fsp3) is 0.231. The molecule has 1 unspecified atom stereocenters. The Balaban J connectivity index is 2.62. The van der Waals surface area contributed by atoms with Crippen molar-refractivity contribution in [2.24, 2.45) is 0 Å². The van der Waals surface area contributed by atoms with Gasteiger partial charge < -0.3 is 15.2 Å². The van der Waals surface area contributed by atoms with Gasteiger partial charge in [0.25, 0.3) is 5.91 Å². The minimum Gasteiger partial charge on any atom is -0.467 e. The minimum atomic E-state index is -1.09. The zero-order chi connectivity index (χ0) is 13.4. The van der Waals surface area contributed by atoms with Crippen LogP contribution in [-0.4, -0.2) is 36.7 Å². The Morgan fingerprint density at radius 3 is 2.61 bits per heavy atom. The lowest BCUT2D eigenvalue weighted by atomic mass is 10.2. The van der Waals surface area contributed by atoms with E-state index in [1.54, 1.807) is 24.3 Å². The number of hydrogen-bond acceptors (Lipinski definition) is 4. The summed E-state index contributed by atoms with van der Waals surface area (Å²) < 4.78 is 4.41. The van der Waals surface area contributed by atoms with Crippen molar-refractivity contribution < 1.29 is 19.4 Å². The zero-order valence-corrected chi connectivity index (χ0v) is 9.84. The highest BCUT2D eigenvalue weighted by molar-refractivity contribution is 5.96. The monoisotopic (exact) mass is 247 g/mol. The number of rotatable bonds is 3. The Morgan fingerprint density at radius 1 is 1.39 bits per heavy atom. The van der Waals surface area contributed by atoms with Crippen LogP contribution in [0.5, 0.6) is 0 Å². The second kappa shape index (κ2) is 7.09. The maximum absolute atomic E-state index is 11.4. The van der Waals surface area contributed by atoms with Gasteiger partial charge in [-0.2, -0.15) is 0 Å². The van der Waals surface area contributed by atoms with Crippen LogP contribution in [0.25, 0.3) is 0 Å². The summed E-state index contributed by atoms with van der Waals surface area (Å²) in [5.41, 5.74) is 0.686. The van der Waals surface area contributed by atoms with E-state index >= 15 is 0 Å². The summed E-state index contributed by atoms with van der Waals surface area (Å²) in [5, 5.41) is 11.1. The first-order valence-corrected chi connectivity index (χ1v) is 5.23. The molecule has 94 valence electrons. The van der Waals surface area contributed by atoms with E-state index in [2.05, 4.69) is 21.9 Å². The number of carbonyl (C=O) groups is 2. The van der Waals surface area contributed by atoms with Crippen LogP contribution in [0.2, 0.25) is 0 Å². The fourth-order valence-corrected chi connectivity index (χ4v) is 1.17. The number of nitrogens with one attached hydrogen (secondary N) is 1. The molecule has 1 atom stereocenters. The third kappa shape index (κ3) is 4.28. The first kappa shape index (κ1) is 13.7. The summed E-state index contributed by atoms with van der Waals surface area (Å²) in [4.78, 5) is 22.5. The predicted molar refractivity (Wildman–Crippen MR) is 64.4 cm³/mol. The van der Waals surface area contributed by atoms with Crippen LogP contribution in [0.15, 0.2) is 30.3 Å². The van der Waals surface area contributed by atoms with E-state index in [0.717, 1.165) is 0 Å². The summed E-state index contributed by atoms with van der Waals surface area (Å²) in [5.74, 6) is 3.59. The van der Waals surface area contributed by atoms with E-state index in [1.165, 1.54) is 7.11 Å². The first-order valence-electron chi connectivity index (χ1n) is 5.23. The maximum atomic E-state index is 11.4. The highest BCUT2D eigenvalue weighted by Gasteiger charge is 2.19. The van der Waals surface area contributed by atoms with Crippen molar-refractivity contribution in [3.63, 3.8) is 0 Å². The van der Waals surface area contributed by atoms with Crippen molar-refractivity contribution in [2.75, 3.05) is 13.7 Å². The quantitative estimate of drug-likeness (QED) is 0.567. The molecule has 1 rings (SSSR count). The molecule has 0 aliphatic carbocycles. The molecule has 0 saturated heterocycles. The van der Waals surface area contributed by atoms with Crippen molar-refractivity contribution in [1.29, 1.82) is 0 Å². The summed E-state index contributed by atoms with van der Waals surface area (Å²) in [7, 11) is 1.17. The molecular formula is C13H13NO4. The van der Waals surface area contributed by atoms with Gasteiger partial charge in [0.15, 0.2) is 6.04 Å². The van der Waals surface area contributed by atoms with Crippen molar-refractivity contribution in [3.8, 4) is 11.8 Å². The Bertz CT molecular complexity index is 473. The Kier molecular flexibility index (Phi) is 5.42. The zero-order valence-electron chi connectivity index (χ0n) is 9.84. The van der Waals surface area contributed by atoms with Gasteiger partial charge in [0, 0.05) is 11.5 Å². The lowest BCUT2D eigenvalue weighted by Crippen LogP contribution is -2.43. The van der Waals surface area contributed by atoms with Crippen molar-refractivity contribution >= 4 is 11.9 Å². The molecule has 0 aromatic heterocycles. The third-order valence-electron chi connectivity index (χ3n) is 2.07. The standard InChI is InChI=1S/C13H13NO4/c1-18-13(17)11(9-15)14-12(16)8-7-10-5-3-2-4-6-10/h2-6,11,15H,9H2,1H3,(H,14,16). The number of methoxy groups -OCH3 is 1. The van der Waals surface area contributed by atoms with Crippen LogP contribution in [0.3, 0.4) is 0 Å². The van der Waals surface area contributed by atoms with Gasteiger partial charge in [0.1, 0.15) is 0 Å². The highest BCUT2D eigenvalue weighted by Crippen LogP contribution is 1.94. The maximum Gasteiger partial charge on any atom is 0.330 e. The van der Waals surface area contributed by atoms with Gasteiger partial charge >= 0.3 is 5.97 Å². The average Bonchev–Trinajstić information content (AvgIpc) is 2.42. The smallest absolute Gasteiger partial charge is 0.330 e. The molecule has 18 heavy (non-hydrogen) atoms. The van der Waals surface area contributed by atoms with E-state index in [1.807, 2.05) is 6.07 Å². The van der Waals surface area contributed by atoms with Gasteiger partial charge in [-0.1, -0.05) is 24.1 Å². The van der Waals surface area contributed by atoms with E-state index in [9.17, 15) is 9.59 Å². The lowest BCUT2D eigenvalue weighted by molar-refractivity contribution is -0.145. The number of esters is 1. The summed E-state index contributed by atoms with van der Waals surface area (Å²) in [6.45, 7) is -0.536.